The molecule has 3 heteroatoms. The Morgan fingerprint density at radius 2 is 1.36 bits per heavy atom. The van der Waals surface area contributed by atoms with Crippen LogP contribution in [0.15, 0.2) is 47.5 Å². The molecule has 0 saturated heterocycles. The van der Waals surface area contributed by atoms with Crippen molar-refractivity contribution in [1.82, 2.24) is 5.09 Å². The Morgan fingerprint density at radius 1 is 0.840 bits per heavy atom. The van der Waals surface area contributed by atoms with Gasteiger partial charge in [-0.05, 0) is 51.3 Å². The molecule has 0 spiro atoms. The molecule has 0 aliphatic rings. The number of nitrogens with one attached hydrogen (secondary N) is 1. The van der Waals surface area contributed by atoms with E-state index in [4.69, 9.17) is 4.99 Å². The van der Waals surface area contributed by atoms with Crippen LogP contribution < -0.4 is 5.09 Å². The van der Waals surface area contributed by atoms with Gasteiger partial charge in [0.2, 0.25) is 0 Å². The lowest BCUT2D eigenvalue weighted by Crippen LogP contribution is -2.26. The highest BCUT2D eigenvalue weighted by Crippen LogP contribution is 2.42. The monoisotopic (exact) mass is 354 g/mol. The van der Waals surface area contributed by atoms with Crippen molar-refractivity contribution in [2.24, 2.45) is 4.99 Å². The van der Waals surface area contributed by atoms with Crippen LogP contribution in [0.2, 0.25) is 0 Å². The summed E-state index contributed by atoms with van der Waals surface area (Å²) in [7, 11) is -0.346. The number of rotatable bonds is 5. The molecule has 25 heavy (non-hydrogen) atoms. The van der Waals surface area contributed by atoms with E-state index < -0.39 is 0 Å². The number of amidine groups is 1. The number of hydrogen-bond donors (Lipinski definition) is 1. The van der Waals surface area contributed by atoms with Crippen molar-refractivity contribution >= 4 is 19.6 Å². The Balaban J connectivity index is 2.52. The van der Waals surface area contributed by atoms with Crippen LogP contribution >= 0.6 is 8.07 Å². The number of aryl methyl sites for hydroxylation is 3. The molecule has 0 bridgehead atoms. The normalized spacial score (nSPS) is 12.3. The summed E-state index contributed by atoms with van der Waals surface area (Å²) in [5.74, 6) is 0.992. The standard InChI is InChI=1S/C22H31N2P/c1-15(2)25(16(3)4)24-22(20-13-11-17(5)12-14-20)23-21-18(6)9-8-10-19(21)7/h8-16H,1-7H3,(H,23,24). The molecule has 2 rings (SSSR count). The van der Waals surface area contributed by atoms with Crippen molar-refractivity contribution in [2.45, 2.75) is 59.8 Å². The van der Waals surface area contributed by atoms with Crippen molar-refractivity contribution in [2.75, 3.05) is 0 Å². The van der Waals surface area contributed by atoms with Crippen LogP contribution in [0.4, 0.5) is 5.69 Å². The average Bonchev–Trinajstić information content (AvgIpc) is 2.54. The molecule has 0 amide bonds. The first-order valence-corrected chi connectivity index (χ1v) is 10.5. The highest BCUT2D eigenvalue weighted by molar-refractivity contribution is 7.57. The van der Waals surface area contributed by atoms with Gasteiger partial charge in [-0.25, -0.2) is 4.99 Å². The summed E-state index contributed by atoms with van der Waals surface area (Å²) in [4.78, 5) is 5.08. The molecule has 0 aliphatic heterocycles. The molecule has 0 saturated carbocycles. The van der Waals surface area contributed by atoms with E-state index >= 15 is 0 Å². The Hall–Kier alpha value is -1.66. The molecule has 0 unspecified atom stereocenters. The fourth-order valence-electron chi connectivity index (χ4n) is 2.94. The topological polar surface area (TPSA) is 24.4 Å². The van der Waals surface area contributed by atoms with Gasteiger partial charge in [0.15, 0.2) is 0 Å². The number of benzene rings is 2. The lowest BCUT2D eigenvalue weighted by atomic mass is 10.1. The third-order valence-electron chi connectivity index (χ3n) is 4.34. The molecular weight excluding hydrogens is 323 g/mol. The minimum absolute atomic E-state index is 0.346. The second kappa shape index (κ2) is 8.63. The third-order valence-corrected chi connectivity index (χ3v) is 7.03. The molecule has 2 nitrogen and oxygen atoms in total. The molecule has 2 aromatic carbocycles. The smallest absolute Gasteiger partial charge is 0.137 e. The first-order valence-electron chi connectivity index (χ1n) is 9.06. The van der Waals surface area contributed by atoms with Crippen molar-refractivity contribution < 1.29 is 0 Å². The first kappa shape index (κ1) is 19.7. The summed E-state index contributed by atoms with van der Waals surface area (Å²) in [6.07, 6.45) is 0. The summed E-state index contributed by atoms with van der Waals surface area (Å²) >= 11 is 0. The number of para-hydroxylation sites is 1. The van der Waals surface area contributed by atoms with Crippen molar-refractivity contribution in [3.05, 3.63) is 64.7 Å². The van der Waals surface area contributed by atoms with Crippen LogP contribution in [0.25, 0.3) is 0 Å². The quantitative estimate of drug-likeness (QED) is 0.370. The summed E-state index contributed by atoms with van der Waals surface area (Å²) in [6, 6.07) is 15.0. The maximum Gasteiger partial charge on any atom is 0.137 e. The molecule has 0 atom stereocenters. The van der Waals surface area contributed by atoms with Gasteiger partial charge in [0.25, 0.3) is 0 Å². The van der Waals surface area contributed by atoms with Gasteiger partial charge in [-0.1, -0.05) is 75.7 Å². The molecule has 0 aromatic heterocycles. The lowest BCUT2D eigenvalue weighted by molar-refractivity contribution is 0.990. The Kier molecular flexibility index (Phi) is 6.79. The number of hydrogen-bond acceptors (Lipinski definition) is 1. The van der Waals surface area contributed by atoms with Gasteiger partial charge in [-0.15, -0.1) is 0 Å². The Morgan fingerprint density at radius 3 is 1.84 bits per heavy atom. The van der Waals surface area contributed by atoms with Crippen LogP contribution in [0.5, 0.6) is 0 Å². The van der Waals surface area contributed by atoms with Crippen LogP contribution in [-0.4, -0.2) is 17.2 Å². The maximum atomic E-state index is 5.08. The van der Waals surface area contributed by atoms with Crippen LogP contribution in [0.1, 0.15) is 49.9 Å². The molecule has 0 fully saturated rings. The van der Waals surface area contributed by atoms with E-state index in [2.05, 4.69) is 96.0 Å². The predicted octanol–water partition coefficient (Wildman–Crippen LogP) is 6.49. The van der Waals surface area contributed by atoms with Gasteiger partial charge in [0.1, 0.15) is 5.84 Å². The summed E-state index contributed by atoms with van der Waals surface area (Å²) < 4.78 is 0. The number of aliphatic imine (C=N–C) groups is 1. The van der Waals surface area contributed by atoms with Crippen LogP contribution in [-0.2, 0) is 0 Å². The van der Waals surface area contributed by atoms with E-state index in [1.54, 1.807) is 0 Å². The average molecular weight is 354 g/mol. The highest BCUT2D eigenvalue weighted by Gasteiger charge is 2.19. The zero-order valence-electron chi connectivity index (χ0n) is 16.6. The SMILES string of the molecule is Cc1ccc(C(=Nc2c(C)cccc2C)NP(C(C)C)C(C)C)cc1. The summed E-state index contributed by atoms with van der Waals surface area (Å²) in [5.41, 5.74) is 7.13. The molecular formula is C22H31N2P. The van der Waals surface area contributed by atoms with E-state index in [0.29, 0.717) is 11.3 Å². The predicted molar refractivity (Wildman–Crippen MR) is 114 cm³/mol. The van der Waals surface area contributed by atoms with E-state index in [1.807, 2.05) is 0 Å². The Labute approximate surface area is 154 Å². The zero-order chi connectivity index (χ0) is 18.6. The van der Waals surface area contributed by atoms with Gasteiger partial charge >= 0.3 is 0 Å². The van der Waals surface area contributed by atoms with E-state index in [0.717, 1.165) is 17.1 Å². The van der Waals surface area contributed by atoms with Gasteiger partial charge in [-0.3, -0.25) is 0 Å². The van der Waals surface area contributed by atoms with E-state index in [9.17, 15) is 0 Å². The van der Waals surface area contributed by atoms with Crippen molar-refractivity contribution in [3.8, 4) is 0 Å². The molecule has 0 aliphatic carbocycles. The number of nitrogens with zero attached hydrogens (tertiary/aromatic N) is 1. The van der Waals surface area contributed by atoms with Gasteiger partial charge < -0.3 is 5.09 Å². The largest absolute Gasteiger partial charge is 0.348 e. The van der Waals surface area contributed by atoms with Crippen LogP contribution in [0.3, 0.4) is 0 Å². The first-order chi connectivity index (χ1) is 11.8. The maximum absolute atomic E-state index is 5.08. The minimum atomic E-state index is -0.346. The molecule has 134 valence electrons. The zero-order valence-corrected chi connectivity index (χ0v) is 17.5. The van der Waals surface area contributed by atoms with Gasteiger partial charge in [0, 0.05) is 5.56 Å². The fourth-order valence-corrected chi connectivity index (χ4v) is 5.07. The van der Waals surface area contributed by atoms with Crippen molar-refractivity contribution in [3.63, 3.8) is 0 Å². The third kappa shape index (κ3) is 5.16. The van der Waals surface area contributed by atoms with Gasteiger partial charge in [0.05, 0.1) is 5.69 Å². The van der Waals surface area contributed by atoms with E-state index in [-0.39, 0.29) is 8.07 Å². The molecule has 1 N–H and O–H groups in total. The Bertz CT molecular complexity index is 702. The van der Waals surface area contributed by atoms with Crippen molar-refractivity contribution in [1.29, 1.82) is 0 Å². The van der Waals surface area contributed by atoms with E-state index in [1.165, 1.54) is 16.7 Å². The summed E-state index contributed by atoms with van der Waals surface area (Å²) in [5, 5.41) is 3.81. The minimum Gasteiger partial charge on any atom is -0.348 e. The second-order valence-corrected chi connectivity index (χ2v) is 10.4. The highest BCUT2D eigenvalue weighted by atomic mass is 31.1. The van der Waals surface area contributed by atoms with Crippen LogP contribution in [0, 0.1) is 20.8 Å². The summed E-state index contributed by atoms with van der Waals surface area (Å²) in [6.45, 7) is 15.6. The molecule has 0 radical (unpaired) electrons. The fraction of sp³-hybridized carbons (Fsp3) is 0.409. The lowest BCUT2D eigenvalue weighted by Gasteiger charge is -2.28. The molecule has 2 aromatic rings. The molecule has 0 heterocycles. The second-order valence-electron chi connectivity index (χ2n) is 7.27. The van der Waals surface area contributed by atoms with Gasteiger partial charge in [-0.2, -0.15) is 0 Å².